The molecule has 1 amide bonds. The van der Waals surface area contributed by atoms with Crippen LogP contribution in [-0.4, -0.2) is 30.4 Å². The van der Waals surface area contributed by atoms with Crippen LogP contribution in [0.3, 0.4) is 0 Å². The number of hydrogen-bond donors (Lipinski definition) is 1. The van der Waals surface area contributed by atoms with Gasteiger partial charge in [0.15, 0.2) is 0 Å². The van der Waals surface area contributed by atoms with E-state index < -0.39 is 11.7 Å². The number of carbonyl (C=O) groups is 1. The van der Waals surface area contributed by atoms with E-state index in [9.17, 15) is 18.0 Å². The zero-order valence-electron chi connectivity index (χ0n) is 11.2. The normalized spacial score (nSPS) is 11.3. The number of amides is 1. The Morgan fingerprint density at radius 1 is 1.30 bits per heavy atom. The van der Waals surface area contributed by atoms with E-state index in [4.69, 9.17) is 0 Å². The van der Waals surface area contributed by atoms with E-state index in [0.29, 0.717) is 17.6 Å². The molecule has 0 saturated carbocycles. The Hall–Kier alpha value is -1.24. The third kappa shape index (κ3) is 4.40. The van der Waals surface area contributed by atoms with E-state index in [1.807, 2.05) is 13.8 Å². The minimum Gasteiger partial charge on any atom is -0.376 e. The summed E-state index contributed by atoms with van der Waals surface area (Å²) in [6.45, 7) is 4.54. The van der Waals surface area contributed by atoms with E-state index in [-0.39, 0.29) is 18.1 Å². The Bertz CT molecular complexity index is 473. The van der Waals surface area contributed by atoms with Crippen LogP contribution >= 0.6 is 15.9 Å². The fraction of sp³-hybridized carbons (Fsp3) is 0.462. The van der Waals surface area contributed by atoms with Crippen molar-refractivity contribution in [1.29, 1.82) is 0 Å². The lowest BCUT2D eigenvalue weighted by molar-refractivity contribution is -0.137. The van der Waals surface area contributed by atoms with Gasteiger partial charge in [-0.05, 0) is 32.0 Å². The molecule has 20 heavy (non-hydrogen) atoms. The summed E-state index contributed by atoms with van der Waals surface area (Å²) < 4.78 is 39.1. The van der Waals surface area contributed by atoms with Crippen molar-refractivity contribution in [1.82, 2.24) is 4.90 Å². The van der Waals surface area contributed by atoms with Gasteiger partial charge in [-0.15, -0.1) is 0 Å². The van der Waals surface area contributed by atoms with Gasteiger partial charge in [0.1, 0.15) is 0 Å². The molecule has 0 spiro atoms. The SMILES string of the molecule is CCN(CC)C(=O)CNc1cc(Br)ccc1C(F)(F)F. The smallest absolute Gasteiger partial charge is 0.376 e. The van der Waals surface area contributed by atoms with Crippen molar-refractivity contribution in [2.45, 2.75) is 20.0 Å². The minimum atomic E-state index is -4.46. The maximum atomic E-state index is 12.8. The highest BCUT2D eigenvalue weighted by Crippen LogP contribution is 2.36. The predicted octanol–water partition coefficient (Wildman–Crippen LogP) is 3.75. The average Bonchev–Trinajstić information content (AvgIpc) is 2.36. The fourth-order valence-corrected chi connectivity index (χ4v) is 2.13. The zero-order chi connectivity index (χ0) is 15.3. The molecule has 1 aromatic rings. The zero-order valence-corrected chi connectivity index (χ0v) is 12.8. The number of hydrogen-bond acceptors (Lipinski definition) is 2. The van der Waals surface area contributed by atoms with E-state index in [1.54, 1.807) is 4.90 Å². The molecule has 0 aromatic heterocycles. The second-order valence-corrected chi connectivity index (χ2v) is 5.02. The maximum absolute atomic E-state index is 12.8. The number of rotatable bonds is 5. The van der Waals surface area contributed by atoms with Crippen LogP contribution in [0.25, 0.3) is 0 Å². The van der Waals surface area contributed by atoms with Gasteiger partial charge in [0.2, 0.25) is 5.91 Å². The lowest BCUT2D eigenvalue weighted by Crippen LogP contribution is -2.35. The Labute approximate surface area is 124 Å². The summed E-state index contributed by atoms with van der Waals surface area (Å²) >= 11 is 3.12. The van der Waals surface area contributed by atoms with Gasteiger partial charge in [0.25, 0.3) is 0 Å². The molecule has 0 fully saturated rings. The molecule has 0 heterocycles. The Kier molecular flexibility index (Phi) is 5.86. The first-order chi connectivity index (χ1) is 9.29. The van der Waals surface area contributed by atoms with E-state index in [1.165, 1.54) is 12.1 Å². The summed E-state index contributed by atoms with van der Waals surface area (Å²) in [5.41, 5.74) is -0.888. The van der Waals surface area contributed by atoms with Crippen LogP contribution in [-0.2, 0) is 11.0 Å². The fourth-order valence-electron chi connectivity index (χ4n) is 1.77. The van der Waals surface area contributed by atoms with Crippen LogP contribution in [0.15, 0.2) is 22.7 Å². The Morgan fingerprint density at radius 2 is 1.90 bits per heavy atom. The molecule has 0 aliphatic heterocycles. The number of nitrogens with one attached hydrogen (secondary N) is 1. The molecule has 1 rings (SSSR count). The van der Waals surface area contributed by atoms with Crippen molar-refractivity contribution in [3.05, 3.63) is 28.2 Å². The highest BCUT2D eigenvalue weighted by atomic mass is 79.9. The predicted molar refractivity (Wildman–Crippen MR) is 75.6 cm³/mol. The van der Waals surface area contributed by atoms with Gasteiger partial charge < -0.3 is 10.2 Å². The van der Waals surface area contributed by atoms with Crippen molar-refractivity contribution in [3.63, 3.8) is 0 Å². The van der Waals surface area contributed by atoms with Gasteiger partial charge in [-0.2, -0.15) is 13.2 Å². The average molecular weight is 353 g/mol. The second kappa shape index (κ2) is 6.97. The number of alkyl halides is 3. The number of nitrogens with zero attached hydrogens (tertiary/aromatic N) is 1. The molecule has 0 saturated heterocycles. The van der Waals surface area contributed by atoms with Crippen LogP contribution < -0.4 is 5.32 Å². The first-order valence-electron chi connectivity index (χ1n) is 6.18. The molecule has 0 unspecified atom stereocenters. The number of halogens is 4. The Morgan fingerprint density at radius 3 is 2.40 bits per heavy atom. The molecular formula is C13H16BrF3N2O. The van der Waals surface area contributed by atoms with Gasteiger partial charge in [0.05, 0.1) is 12.1 Å². The second-order valence-electron chi connectivity index (χ2n) is 4.11. The van der Waals surface area contributed by atoms with Crippen molar-refractivity contribution in [2.24, 2.45) is 0 Å². The van der Waals surface area contributed by atoms with Gasteiger partial charge in [-0.1, -0.05) is 15.9 Å². The molecule has 112 valence electrons. The molecule has 1 N–H and O–H groups in total. The molecule has 7 heteroatoms. The first-order valence-corrected chi connectivity index (χ1v) is 6.97. The number of benzene rings is 1. The molecular weight excluding hydrogens is 337 g/mol. The van der Waals surface area contributed by atoms with Gasteiger partial charge >= 0.3 is 6.18 Å². The quantitative estimate of drug-likeness (QED) is 0.875. The lowest BCUT2D eigenvalue weighted by atomic mass is 10.1. The highest BCUT2D eigenvalue weighted by molar-refractivity contribution is 9.10. The van der Waals surface area contributed by atoms with Crippen molar-refractivity contribution < 1.29 is 18.0 Å². The van der Waals surface area contributed by atoms with Crippen molar-refractivity contribution in [3.8, 4) is 0 Å². The van der Waals surface area contributed by atoms with E-state index >= 15 is 0 Å². The molecule has 0 atom stereocenters. The molecule has 0 aliphatic rings. The molecule has 0 bridgehead atoms. The van der Waals surface area contributed by atoms with Crippen LogP contribution in [0, 0.1) is 0 Å². The minimum absolute atomic E-state index is 0.104. The summed E-state index contributed by atoms with van der Waals surface area (Å²) in [5, 5.41) is 2.57. The van der Waals surface area contributed by atoms with Gasteiger partial charge in [-0.3, -0.25) is 4.79 Å². The summed E-state index contributed by atoms with van der Waals surface area (Å²) in [7, 11) is 0. The maximum Gasteiger partial charge on any atom is 0.418 e. The monoisotopic (exact) mass is 352 g/mol. The third-order valence-corrected chi connectivity index (χ3v) is 3.33. The first kappa shape index (κ1) is 16.8. The van der Waals surface area contributed by atoms with Crippen LogP contribution in [0.1, 0.15) is 19.4 Å². The van der Waals surface area contributed by atoms with E-state index in [2.05, 4.69) is 21.2 Å². The summed E-state index contributed by atoms with van der Waals surface area (Å²) in [6.07, 6.45) is -4.46. The van der Waals surface area contributed by atoms with Crippen molar-refractivity contribution >= 4 is 27.5 Å². The molecule has 0 aliphatic carbocycles. The standard InChI is InChI=1S/C13H16BrF3N2O/c1-3-19(4-2)12(20)8-18-11-7-9(14)5-6-10(11)13(15,16)17/h5-7,18H,3-4,8H2,1-2H3. The largest absolute Gasteiger partial charge is 0.418 e. The van der Waals surface area contributed by atoms with E-state index in [0.717, 1.165) is 6.07 Å². The highest BCUT2D eigenvalue weighted by Gasteiger charge is 2.33. The summed E-state index contributed by atoms with van der Waals surface area (Å²) in [5.74, 6) is -0.233. The Balaban J connectivity index is 2.87. The summed E-state index contributed by atoms with van der Waals surface area (Å²) in [6, 6.07) is 3.62. The third-order valence-electron chi connectivity index (χ3n) is 2.83. The van der Waals surface area contributed by atoms with Crippen LogP contribution in [0.4, 0.5) is 18.9 Å². The summed E-state index contributed by atoms with van der Waals surface area (Å²) in [4.78, 5) is 13.3. The topological polar surface area (TPSA) is 32.3 Å². The van der Waals surface area contributed by atoms with Crippen LogP contribution in [0.5, 0.6) is 0 Å². The number of anilines is 1. The van der Waals surface area contributed by atoms with Gasteiger partial charge in [-0.25, -0.2) is 0 Å². The lowest BCUT2D eigenvalue weighted by Gasteiger charge is -2.20. The number of carbonyl (C=O) groups excluding carboxylic acids is 1. The number of likely N-dealkylation sites (N-methyl/N-ethyl adjacent to an activating group) is 1. The van der Waals surface area contributed by atoms with Gasteiger partial charge in [0, 0.05) is 23.2 Å². The molecule has 3 nitrogen and oxygen atoms in total. The molecule has 0 radical (unpaired) electrons. The van der Waals surface area contributed by atoms with Crippen molar-refractivity contribution in [2.75, 3.05) is 25.0 Å². The van der Waals surface area contributed by atoms with Crippen LogP contribution in [0.2, 0.25) is 0 Å². The molecule has 1 aromatic carbocycles.